The maximum Gasteiger partial charge on any atom is 0.294 e. The Labute approximate surface area is 166 Å². The minimum absolute atomic E-state index is 0.0131. The number of aromatic nitrogens is 2. The third-order valence-electron chi connectivity index (χ3n) is 5.78. The summed E-state index contributed by atoms with van der Waals surface area (Å²) in [7, 11) is 0. The molecule has 0 bridgehead atoms. The third-order valence-corrected chi connectivity index (χ3v) is 5.78. The number of carbonyl (C=O) groups is 2. The van der Waals surface area contributed by atoms with Crippen LogP contribution in [0.2, 0.25) is 0 Å². The van der Waals surface area contributed by atoms with Gasteiger partial charge in [0.15, 0.2) is 0 Å². The lowest BCUT2D eigenvalue weighted by Gasteiger charge is -2.23. The largest absolute Gasteiger partial charge is 0.337 e. The Morgan fingerprint density at radius 3 is 2.57 bits per heavy atom. The molecule has 6 heteroatoms. The fourth-order valence-corrected chi connectivity index (χ4v) is 4.31. The summed E-state index contributed by atoms with van der Waals surface area (Å²) < 4.78 is 1.99. The molecule has 1 fully saturated rings. The van der Waals surface area contributed by atoms with Gasteiger partial charge in [-0.1, -0.05) is 12.1 Å². The Morgan fingerprint density at radius 1 is 1.11 bits per heavy atom. The van der Waals surface area contributed by atoms with E-state index < -0.39 is 0 Å². The number of aryl methyl sites for hydroxylation is 1. The topological polar surface area (TPSA) is 58.4 Å². The smallest absolute Gasteiger partial charge is 0.294 e. The number of rotatable bonds is 4. The number of carbonyl (C=O) groups excluding carboxylic acids is 2. The quantitative estimate of drug-likeness (QED) is 0.816. The predicted molar refractivity (Wildman–Crippen MR) is 109 cm³/mol. The van der Waals surface area contributed by atoms with E-state index in [2.05, 4.69) is 4.98 Å². The molecule has 1 aromatic heterocycles. The summed E-state index contributed by atoms with van der Waals surface area (Å²) in [6.07, 6.45) is 4.95. The van der Waals surface area contributed by atoms with E-state index in [1.807, 2.05) is 47.6 Å². The molecule has 0 N–H and O–H groups in total. The zero-order chi connectivity index (χ0) is 19.7. The minimum atomic E-state index is -0.128. The van der Waals surface area contributed by atoms with Gasteiger partial charge < -0.3 is 14.4 Å². The van der Waals surface area contributed by atoms with Crippen LogP contribution in [-0.4, -0.2) is 45.9 Å². The number of benzene rings is 1. The maximum absolute atomic E-state index is 13.4. The standard InChI is InChI=1S/C22H28N4O2/c1-3-25(17-10-8-9-16(2)15-17)22(28)20-23-19(18-11-4-5-14-26(18)20)21(27)24-12-6-7-13-24/h8-10,15H,3-7,11-14H2,1-2H3. The Kier molecular flexibility index (Phi) is 5.20. The number of amides is 2. The molecule has 0 atom stereocenters. The molecule has 0 radical (unpaired) electrons. The zero-order valence-electron chi connectivity index (χ0n) is 16.8. The van der Waals surface area contributed by atoms with Crippen LogP contribution in [0.4, 0.5) is 5.69 Å². The highest BCUT2D eigenvalue weighted by Crippen LogP contribution is 2.26. The van der Waals surface area contributed by atoms with Crippen LogP contribution in [0.15, 0.2) is 24.3 Å². The van der Waals surface area contributed by atoms with Crippen LogP contribution in [0.1, 0.15) is 65.0 Å². The molecule has 0 aliphatic carbocycles. The number of nitrogens with zero attached hydrogens (tertiary/aromatic N) is 4. The van der Waals surface area contributed by atoms with Crippen molar-refractivity contribution < 1.29 is 9.59 Å². The van der Waals surface area contributed by atoms with Crippen LogP contribution in [0, 0.1) is 6.92 Å². The zero-order valence-corrected chi connectivity index (χ0v) is 16.8. The first-order valence-electron chi connectivity index (χ1n) is 10.4. The first-order valence-corrected chi connectivity index (χ1v) is 10.4. The van der Waals surface area contributed by atoms with Gasteiger partial charge in [-0.2, -0.15) is 0 Å². The van der Waals surface area contributed by atoms with E-state index in [0.29, 0.717) is 18.1 Å². The molecule has 28 heavy (non-hydrogen) atoms. The summed E-state index contributed by atoms with van der Waals surface area (Å²) in [6.45, 7) is 6.88. The summed E-state index contributed by atoms with van der Waals surface area (Å²) in [4.78, 5) is 34.7. The van der Waals surface area contributed by atoms with Crippen LogP contribution >= 0.6 is 0 Å². The normalized spacial score (nSPS) is 16.1. The lowest BCUT2D eigenvalue weighted by Crippen LogP contribution is -2.33. The van der Waals surface area contributed by atoms with Crippen molar-refractivity contribution in [1.29, 1.82) is 0 Å². The number of hydrogen-bond acceptors (Lipinski definition) is 3. The molecule has 3 heterocycles. The SMILES string of the molecule is CCN(C(=O)c1nc(C(=O)N2CCCC2)c2n1CCCC2)c1cccc(C)c1. The average Bonchev–Trinajstić information content (AvgIpc) is 3.36. The molecule has 1 aromatic carbocycles. The van der Waals surface area contributed by atoms with Crippen molar-refractivity contribution in [1.82, 2.24) is 14.5 Å². The molecule has 0 saturated carbocycles. The molecule has 4 rings (SSSR count). The number of anilines is 1. The average molecular weight is 380 g/mol. The predicted octanol–water partition coefficient (Wildman–Crippen LogP) is 3.43. The van der Waals surface area contributed by atoms with Crippen molar-refractivity contribution >= 4 is 17.5 Å². The summed E-state index contributed by atoms with van der Waals surface area (Å²) in [5.74, 6) is 0.262. The Morgan fingerprint density at radius 2 is 1.86 bits per heavy atom. The van der Waals surface area contributed by atoms with Crippen molar-refractivity contribution in [2.24, 2.45) is 0 Å². The second-order valence-corrected chi connectivity index (χ2v) is 7.73. The van der Waals surface area contributed by atoms with E-state index in [9.17, 15) is 9.59 Å². The molecule has 1 saturated heterocycles. The molecule has 0 unspecified atom stereocenters. The van der Waals surface area contributed by atoms with Gasteiger partial charge >= 0.3 is 0 Å². The minimum Gasteiger partial charge on any atom is -0.337 e. The molecule has 2 aliphatic rings. The van der Waals surface area contributed by atoms with Crippen LogP contribution in [0.5, 0.6) is 0 Å². The molecule has 2 amide bonds. The second-order valence-electron chi connectivity index (χ2n) is 7.73. The van der Waals surface area contributed by atoms with E-state index in [-0.39, 0.29) is 11.8 Å². The fraction of sp³-hybridized carbons (Fsp3) is 0.500. The summed E-state index contributed by atoms with van der Waals surface area (Å²) in [5, 5.41) is 0. The van der Waals surface area contributed by atoms with Gasteiger partial charge in [-0.25, -0.2) is 4.98 Å². The first-order chi connectivity index (χ1) is 13.6. The highest BCUT2D eigenvalue weighted by molar-refractivity contribution is 6.05. The van der Waals surface area contributed by atoms with Crippen molar-refractivity contribution in [3.63, 3.8) is 0 Å². The van der Waals surface area contributed by atoms with Crippen molar-refractivity contribution in [3.05, 3.63) is 47.0 Å². The number of likely N-dealkylation sites (tertiary alicyclic amines) is 1. The first kappa shape index (κ1) is 18.7. The van der Waals surface area contributed by atoms with Gasteiger partial charge in [0.1, 0.15) is 5.69 Å². The highest BCUT2D eigenvalue weighted by Gasteiger charge is 2.32. The van der Waals surface area contributed by atoms with Crippen LogP contribution in [-0.2, 0) is 13.0 Å². The second kappa shape index (κ2) is 7.78. The summed E-state index contributed by atoms with van der Waals surface area (Å²) >= 11 is 0. The van der Waals surface area contributed by atoms with Gasteiger partial charge in [-0.05, 0) is 63.6 Å². The molecule has 2 aromatic rings. The lowest BCUT2D eigenvalue weighted by atomic mass is 10.1. The summed E-state index contributed by atoms with van der Waals surface area (Å²) in [5.41, 5.74) is 3.41. The van der Waals surface area contributed by atoms with E-state index in [1.165, 1.54) is 0 Å². The van der Waals surface area contributed by atoms with Crippen LogP contribution in [0.25, 0.3) is 0 Å². The monoisotopic (exact) mass is 380 g/mol. The van der Waals surface area contributed by atoms with Gasteiger partial charge in [0.05, 0.1) is 5.69 Å². The van der Waals surface area contributed by atoms with E-state index in [0.717, 1.165) is 68.7 Å². The van der Waals surface area contributed by atoms with E-state index in [4.69, 9.17) is 0 Å². The lowest BCUT2D eigenvalue weighted by molar-refractivity contribution is 0.0786. The van der Waals surface area contributed by atoms with Crippen LogP contribution in [0.3, 0.4) is 0 Å². The van der Waals surface area contributed by atoms with Crippen LogP contribution < -0.4 is 4.90 Å². The maximum atomic E-state index is 13.4. The third kappa shape index (κ3) is 3.32. The van der Waals surface area contributed by atoms with Crippen molar-refractivity contribution in [3.8, 4) is 0 Å². The number of hydrogen-bond donors (Lipinski definition) is 0. The van der Waals surface area contributed by atoms with E-state index >= 15 is 0 Å². The molecule has 2 aliphatic heterocycles. The fourth-order valence-electron chi connectivity index (χ4n) is 4.31. The molecule has 148 valence electrons. The Bertz CT molecular complexity index is 896. The van der Waals surface area contributed by atoms with Gasteiger partial charge in [-0.15, -0.1) is 0 Å². The van der Waals surface area contributed by atoms with Gasteiger partial charge in [0.25, 0.3) is 11.8 Å². The van der Waals surface area contributed by atoms with Crippen molar-refractivity contribution in [2.45, 2.75) is 52.5 Å². The van der Waals surface area contributed by atoms with Gasteiger partial charge in [-0.3, -0.25) is 9.59 Å². The van der Waals surface area contributed by atoms with Gasteiger partial charge in [0, 0.05) is 31.9 Å². The molecular weight excluding hydrogens is 352 g/mol. The number of fused-ring (bicyclic) bond motifs is 1. The highest BCUT2D eigenvalue weighted by atomic mass is 16.2. The molecule has 0 spiro atoms. The van der Waals surface area contributed by atoms with Gasteiger partial charge in [0.2, 0.25) is 5.82 Å². The summed E-state index contributed by atoms with van der Waals surface area (Å²) in [6, 6.07) is 7.94. The molecule has 6 nitrogen and oxygen atoms in total. The van der Waals surface area contributed by atoms with Crippen molar-refractivity contribution in [2.75, 3.05) is 24.5 Å². The number of imidazole rings is 1. The Hall–Kier alpha value is -2.63. The Balaban J connectivity index is 1.72. The van der Waals surface area contributed by atoms with E-state index in [1.54, 1.807) is 4.90 Å². The molecular formula is C22H28N4O2.